The van der Waals surface area contributed by atoms with Crippen LogP contribution < -0.4 is 20.1 Å². The maximum absolute atomic E-state index is 13.9. The first-order chi connectivity index (χ1) is 15.6. The number of aromatic nitrogens is 1. The minimum Gasteiger partial charge on any atom is -0.493 e. The maximum atomic E-state index is 13.9. The Kier molecular flexibility index (Phi) is 8.43. The van der Waals surface area contributed by atoms with Gasteiger partial charge in [-0.15, -0.1) is 12.4 Å². The lowest BCUT2D eigenvalue weighted by atomic mass is 10.2. The standard InChI is InChI=1S/C24H23F2N3O2S.ClH/c1-30-22-12-16(6-9-21(22)31-15-17-7-8-18(25)13-19(17)26)14-29(11-10-27)24-28-20-4-2-3-5-23(20)32-24;/h2-9,12-13H,10-11,14-15,27H2,1H3;1H. The molecular formula is C24H24ClF2N3O2S. The zero-order valence-corrected chi connectivity index (χ0v) is 19.6. The molecule has 0 unspecified atom stereocenters. The largest absolute Gasteiger partial charge is 0.493 e. The Balaban J connectivity index is 0.00000306. The second-order valence-electron chi connectivity index (χ2n) is 7.18. The van der Waals surface area contributed by atoms with E-state index >= 15 is 0 Å². The van der Waals surface area contributed by atoms with Crippen molar-refractivity contribution in [3.8, 4) is 11.5 Å². The highest BCUT2D eigenvalue weighted by Gasteiger charge is 2.15. The molecule has 4 rings (SSSR count). The molecule has 0 radical (unpaired) electrons. The van der Waals surface area contributed by atoms with Crippen LogP contribution >= 0.6 is 23.7 Å². The topological polar surface area (TPSA) is 60.6 Å². The van der Waals surface area contributed by atoms with Gasteiger partial charge in [0, 0.05) is 31.3 Å². The van der Waals surface area contributed by atoms with Crippen LogP contribution in [0.15, 0.2) is 60.7 Å². The number of halogens is 3. The highest BCUT2D eigenvalue weighted by atomic mass is 35.5. The molecule has 0 atom stereocenters. The first kappa shape index (κ1) is 24.7. The molecule has 0 aliphatic carbocycles. The van der Waals surface area contributed by atoms with Crippen LogP contribution in [-0.2, 0) is 13.2 Å². The molecule has 0 saturated carbocycles. The normalized spacial score (nSPS) is 10.7. The Bertz CT molecular complexity index is 1190. The average molecular weight is 492 g/mol. The smallest absolute Gasteiger partial charge is 0.186 e. The van der Waals surface area contributed by atoms with Crippen molar-refractivity contribution < 1.29 is 18.3 Å². The number of hydrogen-bond acceptors (Lipinski definition) is 6. The molecule has 5 nitrogen and oxygen atoms in total. The van der Waals surface area contributed by atoms with E-state index in [1.807, 2.05) is 30.3 Å². The maximum Gasteiger partial charge on any atom is 0.186 e. The average Bonchev–Trinajstić information content (AvgIpc) is 3.23. The molecule has 0 amide bonds. The summed E-state index contributed by atoms with van der Waals surface area (Å²) in [6.45, 7) is 1.72. The van der Waals surface area contributed by atoms with E-state index in [4.69, 9.17) is 20.2 Å². The molecule has 33 heavy (non-hydrogen) atoms. The van der Waals surface area contributed by atoms with Gasteiger partial charge in [0.1, 0.15) is 18.2 Å². The van der Waals surface area contributed by atoms with E-state index in [1.54, 1.807) is 24.5 Å². The molecule has 3 aromatic carbocycles. The summed E-state index contributed by atoms with van der Waals surface area (Å²) in [6.07, 6.45) is 0. The molecular weight excluding hydrogens is 468 g/mol. The van der Waals surface area contributed by atoms with Gasteiger partial charge in [-0.2, -0.15) is 0 Å². The fraction of sp³-hybridized carbons (Fsp3) is 0.208. The third-order valence-corrected chi connectivity index (χ3v) is 6.05. The molecule has 0 aliphatic rings. The quantitative estimate of drug-likeness (QED) is 0.332. The summed E-state index contributed by atoms with van der Waals surface area (Å²) < 4.78 is 39.3. The zero-order chi connectivity index (χ0) is 22.5. The van der Waals surface area contributed by atoms with Gasteiger partial charge < -0.3 is 20.1 Å². The molecule has 2 N–H and O–H groups in total. The number of nitrogens with zero attached hydrogens (tertiary/aromatic N) is 2. The van der Waals surface area contributed by atoms with Gasteiger partial charge in [-0.05, 0) is 42.0 Å². The summed E-state index contributed by atoms with van der Waals surface area (Å²) in [5.41, 5.74) is 8.07. The van der Waals surface area contributed by atoms with Crippen molar-refractivity contribution in [3.63, 3.8) is 0 Å². The lowest BCUT2D eigenvalue weighted by Gasteiger charge is -2.22. The van der Waals surface area contributed by atoms with Crippen LogP contribution in [0, 0.1) is 11.6 Å². The summed E-state index contributed by atoms with van der Waals surface area (Å²) >= 11 is 1.63. The van der Waals surface area contributed by atoms with E-state index in [0.717, 1.165) is 27.0 Å². The number of para-hydroxylation sites is 1. The van der Waals surface area contributed by atoms with Crippen LogP contribution in [0.3, 0.4) is 0 Å². The number of rotatable bonds is 9. The predicted octanol–water partition coefficient (Wildman–Crippen LogP) is 5.55. The number of methoxy groups -OCH3 is 1. The van der Waals surface area contributed by atoms with E-state index in [-0.39, 0.29) is 24.6 Å². The lowest BCUT2D eigenvalue weighted by molar-refractivity contribution is 0.279. The molecule has 174 valence electrons. The number of thiazole rings is 1. The molecule has 4 aromatic rings. The fourth-order valence-electron chi connectivity index (χ4n) is 3.34. The van der Waals surface area contributed by atoms with Crippen LogP contribution in [-0.4, -0.2) is 25.2 Å². The molecule has 0 fully saturated rings. The summed E-state index contributed by atoms with van der Waals surface area (Å²) in [7, 11) is 1.55. The fourth-order valence-corrected chi connectivity index (χ4v) is 4.33. The number of ether oxygens (including phenoxy) is 2. The Morgan fingerprint density at radius 2 is 1.85 bits per heavy atom. The van der Waals surface area contributed by atoms with Crippen molar-refractivity contribution >= 4 is 39.1 Å². The minimum atomic E-state index is -0.645. The van der Waals surface area contributed by atoms with Crippen molar-refractivity contribution in [2.75, 3.05) is 25.1 Å². The van der Waals surface area contributed by atoms with Gasteiger partial charge >= 0.3 is 0 Å². The highest BCUT2D eigenvalue weighted by molar-refractivity contribution is 7.22. The Morgan fingerprint density at radius 1 is 1.03 bits per heavy atom. The number of benzene rings is 3. The van der Waals surface area contributed by atoms with Gasteiger partial charge in [-0.25, -0.2) is 13.8 Å². The van der Waals surface area contributed by atoms with Crippen molar-refractivity contribution in [1.82, 2.24) is 4.98 Å². The van der Waals surface area contributed by atoms with Crippen molar-refractivity contribution in [2.24, 2.45) is 5.73 Å². The van der Waals surface area contributed by atoms with Crippen LogP contribution in [0.5, 0.6) is 11.5 Å². The number of nitrogens with two attached hydrogens (primary N) is 1. The van der Waals surface area contributed by atoms with Gasteiger partial charge in [0.25, 0.3) is 0 Å². The third kappa shape index (κ3) is 5.90. The van der Waals surface area contributed by atoms with Crippen molar-refractivity contribution in [2.45, 2.75) is 13.2 Å². The minimum absolute atomic E-state index is 0. The number of hydrogen-bond donors (Lipinski definition) is 1. The summed E-state index contributed by atoms with van der Waals surface area (Å²) in [5, 5.41) is 0.905. The molecule has 0 aliphatic heterocycles. The monoisotopic (exact) mass is 491 g/mol. The van der Waals surface area contributed by atoms with Gasteiger partial charge in [0.2, 0.25) is 0 Å². The van der Waals surface area contributed by atoms with E-state index < -0.39 is 11.6 Å². The number of anilines is 1. The van der Waals surface area contributed by atoms with Crippen LogP contribution in [0.2, 0.25) is 0 Å². The Labute approximate surface area is 201 Å². The Morgan fingerprint density at radius 3 is 2.58 bits per heavy atom. The first-order valence-electron chi connectivity index (χ1n) is 10.1. The Hall–Kier alpha value is -2.94. The SMILES string of the molecule is COc1cc(CN(CCN)c2nc3ccccc3s2)ccc1OCc1ccc(F)cc1F.Cl. The molecule has 1 aromatic heterocycles. The van der Waals surface area contributed by atoms with Gasteiger partial charge in [-0.3, -0.25) is 0 Å². The van der Waals surface area contributed by atoms with Gasteiger partial charge in [0.15, 0.2) is 16.6 Å². The van der Waals surface area contributed by atoms with Crippen molar-refractivity contribution in [3.05, 3.63) is 83.4 Å². The van der Waals surface area contributed by atoms with Gasteiger partial charge in [0.05, 0.1) is 17.3 Å². The molecule has 0 bridgehead atoms. The molecule has 0 spiro atoms. The van der Waals surface area contributed by atoms with Crippen molar-refractivity contribution in [1.29, 1.82) is 0 Å². The van der Waals surface area contributed by atoms with E-state index in [2.05, 4.69) is 11.0 Å². The lowest BCUT2D eigenvalue weighted by Crippen LogP contribution is -2.28. The van der Waals surface area contributed by atoms with E-state index in [0.29, 0.717) is 31.1 Å². The summed E-state index contributed by atoms with van der Waals surface area (Å²) in [4.78, 5) is 6.87. The second kappa shape index (κ2) is 11.3. The number of fused-ring (bicyclic) bond motifs is 1. The van der Waals surface area contributed by atoms with Crippen LogP contribution in [0.25, 0.3) is 10.2 Å². The summed E-state index contributed by atoms with van der Waals surface area (Å²) in [6, 6.07) is 17.0. The van der Waals surface area contributed by atoms with E-state index in [1.165, 1.54) is 12.1 Å². The predicted molar refractivity (Wildman–Crippen MR) is 131 cm³/mol. The van der Waals surface area contributed by atoms with E-state index in [9.17, 15) is 8.78 Å². The molecule has 9 heteroatoms. The second-order valence-corrected chi connectivity index (χ2v) is 8.19. The molecule has 1 heterocycles. The van der Waals surface area contributed by atoms with Crippen LogP contribution in [0.1, 0.15) is 11.1 Å². The first-order valence-corrected chi connectivity index (χ1v) is 10.9. The van der Waals surface area contributed by atoms with Gasteiger partial charge in [-0.1, -0.05) is 29.5 Å². The van der Waals surface area contributed by atoms with Crippen LogP contribution in [0.4, 0.5) is 13.9 Å². The molecule has 0 saturated heterocycles. The summed E-state index contributed by atoms with van der Waals surface area (Å²) in [5.74, 6) is -0.260. The third-order valence-electron chi connectivity index (χ3n) is 4.95. The zero-order valence-electron chi connectivity index (χ0n) is 18.0. The highest BCUT2D eigenvalue weighted by Crippen LogP contribution is 2.32.